The van der Waals surface area contributed by atoms with Crippen LogP contribution >= 0.6 is 0 Å². The average Bonchev–Trinajstić information content (AvgIpc) is 2.03. The maximum absolute atomic E-state index is 11.1. The molecule has 0 radical (unpaired) electrons. The molecule has 0 aromatic rings. The molecule has 0 saturated heterocycles. The second-order valence-corrected chi connectivity index (χ2v) is 2.78. The average molecular weight is 155 g/mol. The van der Waals surface area contributed by atoms with Crippen molar-refractivity contribution in [2.45, 2.75) is 18.9 Å². The molecule has 0 aromatic carbocycles. The third-order valence-electron chi connectivity index (χ3n) is 1.92. The van der Waals surface area contributed by atoms with E-state index in [1.165, 1.54) is 0 Å². The highest BCUT2D eigenvalue weighted by Gasteiger charge is 2.21. The van der Waals surface area contributed by atoms with E-state index in [2.05, 4.69) is 5.32 Å². The van der Waals surface area contributed by atoms with Gasteiger partial charge < -0.3 is 10.4 Å². The Labute approximate surface area is 66.1 Å². The molecule has 1 amide bonds. The van der Waals surface area contributed by atoms with Gasteiger partial charge in [-0.2, -0.15) is 0 Å². The number of aliphatic hydroxyl groups is 1. The molecule has 0 fully saturated rings. The minimum atomic E-state index is -0.439. The standard InChI is InChI=1S/C8H13NO2/c1-9-8(11)6-3-2-4-7(10)5-6/h2,4,6-7,10H,3,5H2,1H3,(H,9,11)/t6-,7+/m1/s1. The first-order valence-corrected chi connectivity index (χ1v) is 3.80. The van der Waals surface area contributed by atoms with Crippen LogP contribution in [0.3, 0.4) is 0 Å². The van der Waals surface area contributed by atoms with Crippen molar-refractivity contribution in [1.29, 1.82) is 0 Å². The Bertz CT molecular complexity index is 177. The molecule has 0 bridgehead atoms. The Balaban J connectivity index is 2.49. The lowest BCUT2D eigenvalue weighted by Gasteiger charge is -2.19. The van der Waals surface area contributed by atoms with Crippen molar-refractivity contribution >= 4 is 5.91 Å². The van der Waals surface area contributed by atoms with Crippen LogP contribution in [0.2, 0.25) is 0 Å². The molecule has 11 heavy (non-hydrogen) atoms. The number of hydrogen-bond acceptors (Lipinski definition) is 2. The van der Waals surface area contributed by atoms with E-state index in [4.69, 9.17) is 5.11 Å². The van der Waals surface area contributed by atoms with Crippen LogP contribution in [-0.4, -0.2) is 24.2 Å². The van der Waals surface area contributed by atoms with Crippen LogP contribution in [-0.2, 0) is 4.79 Å². The van der Waals surface area contributed by atoms with Crippen LogP contribution in [0, 0.1) is 5.92 Å². The highest BCUT2D eigenvalue weighted by atomic mass is 16.3. The molecular formula is C8H13NO2. The molecule has 1 aliphatic rings. The lowest BCUT2D eigenvalue weighted by atomic mass is 9.92. The van der Waals surface area contributed by atoms with Gasteiger partial charge in [0.15, 0.2) is 0 Å². The summed E-state index contributed by atoms with van der Waals surface area (Å²) in [7, 11) is 1.62. The van der Waals surface area contributed by atoms with Gasteiger partial charge in [0.1, 0.15) is 0 Å². The van der Waals surface area contributed by atoms with Gasteiger partial charge in [0.25, 0.3) is 0 Å². The smallest absolute Gasteiger partial charge is 0.223 e. The van der Waals surface area contributed by atoms with Crippen molar-refractivity contribution < 1.29 is 9.90 Å². The second-order valence-electron chi connectivity index (χ2n) is 2.78. The topological polar surface area (TPSA) is 49.3 Å². The normalized spacial score (nSPS) is 30.0. The van der Waals surface area contributed by atoms with E-state index in [0.717, 1.165) is 6.42 Å². The molecule has 2 N–H and O–H groups in total. The van der Waals surface area contributed by atoms with E-state index in [1.54, 1.807) is 13.1 Å². The molecule has 62 valence electrons. The minimum Gasteiger partial charge on any atom is -0.389 e. The first-order valence-electron chi connectivity index (χ1n) is 3.80. The molecule has 1 aliphatic carbocycles. The molecule has 0 aromatic heterocycles. The van der Waals surface area contributed by atoms with Crippen LogP contribution in [0.25, 0.3) is 0 Å². The van der Waals surface area contributed by atoms with Crippen molar-refractivity contribution in [3.05, 3.63) is 12.2 Å². The van der Waals surface area contributed by atoms with Gasteiger partial charge in [-0.1, -0.05) is 12.2 Å². The van der Waals surface area contributed by atoms with E-state index in [9.17, 15) is 4.79 Å². The number of rotatable bonds is 1. The molecule has 2 atom stereocenters. The van der Waals surface area contributed by atoms with E-state index < -0.39 is 6.10 Å². The van der Waals surface area contributed by atoms with Gasteiger partial charge in [-0.05, 0) is 12.8 Å². The van der Waals surface area contributed by atoms with Crippen LogP contribution in [0.1, 0.15) is 12.8 Å². The second kappa shape index (κ2) is 3.53. The number of carbonyl (C=O) groups excluding carboxylic acids is 1. The molecule has 1 rings (SSSR count). The third kappa shape index (κ3) is 2.05. The fourth-order valence-electron chi connectivity index (χ4n) is 1.28. The fourth-order valence-corrected chi connectivity index (χ4v) is 1.28. The predicted molar refractivity (Wildman–Crippen MR) is 41.9 cm³/mol. The van der Waals surface area contributed by atoms with Gasteiger partial charge in [-0.25, -0.2) is 0 Å². The summed E-state index contributed by atoms with van der Waals surface area (Å²) in [5.41, 5.74) is 0. The summed E-state index contributed by atoms with van der Waals surface area (Å²) in [6.07, 6.45) is 4.45. The highest BCUT2D eigenvalue weighted by molar-refractivity contribution is 5.78. The fraction of sp³-hybridized carbons (Fsp3) is 0.625. The van der Waals surface area contributed by atoms with Crippen LogP contribution in [0.5, 0.6) is 0 Å². The zero-order valence-electron chi connectivity index (χ0n) is 6.58. The van der Waals surface area contributed by atoms with E-state index in [1.807, 2.05) is 6.08 Å². The van der Waals surface area contributed by atoms with E-state index >= 15 is 0 Å². The maximum Gasteiger partial charge on any atom is 0.223 e. The van der Waals surface area contributed by atoms with Crippen LogP contribution in [0.15, 0.2) is 12.2 Å². The summed E-state index contributed by atoms with van der Waals surface area (Å²) in [6.45, 7) is 0. The Morgan fingerprint density at radius 2 is 2.45 bits per heavy atom. The largest absolute Gasteiger partial charge is 0.389 e. The van der Waals surface area contributed by atoms with Crippen LogP contribution in [0.4, 0.5) is 0 Å². The minimum absolute atomic E-state index is 0.0217. The number of aliphatic hydroxyl groups excluding tert-OH is 1. The number of amides is 1. The van der Waals surface area contributed by atoms with Crippen molar-refractivity contribution in [3.63, 3.8) is 0 Å². The van der Waals surface area contributed by atoms with Gasteiger partial charge in [-0.3, -0.25) is 4.79 Å². The molecule has 0 aliphatic heterocycles. The van der Waals surface area contributed by atoms with E-state index in [0.29, 0.717) is 6.42 Å². The van der Waals surface area contributed by atoms with Gasteiger partial charge in [0.2, 0.25) is 5.91 Å². The van der Waals surface area contributed by atoms with Gasteiger partial charge in [-0.15, -0.1) is 0 Å². The summed E-state index contributed by atoms with van der Waals surface area (Å²) in [4.78, 5) is 11.1. The number of nitrogens with one attached hydrogen (secondary N) is 1. The summed E-state index contributed by atoms with van der Waals surface area (Å²) in [5, 5.41) is 11.7. The van der Waals surface area contributed by atoms with Crippen molar-refractivity contribution in [2.75, 3.05) is 7.05 Å². The quantitative estimate of drug-likeness (QED) is 0.526. The summed E-state index contributed by atoms with van der Waals surface area (Å²) in [6, 6.07) is 0. The van der Waals surface area contributed by atoms with Crippen molar-refractivity contribution in [3.8, 4) is 0 Å². The SMILES string of the molecule is CNC(=O)[C@@H]1CC=C[C@H](O)C1. The molecule has 0 unspecified atom stereocenters. The molecule has 0 spiro atoms. The Morgan fingerprint density at radius 1 is 1.73 bits per heavy atom. The molecule has 0 saturated carbocycles. The van der Waals surface area contributed by atoms with Gasteiger partial charge in [0, 0.05) is 13.0 Å². The summed E-state index contributed by atoms with van der Waals surface area (Å²) >= 11 is 0. The summed E-state index contributed by atoms with van der Waals surface area (Å²) < 4.78 is 0. The molecular weight excluding hydrogens is 142 g/mol. The molecule has 3 nitrogen and oxygen atoms in total. The predicted octanol–water partition coefficient (Wildman–Crippen LogP) is 0.0595. The number of carbonyl (C=O) groups is 1. The lowest BCUT2D eigenvalue weighted by molar-refractivity contribution is -0.125. The van der Waals surface area contributed by atoms with Crippen LogP contribution < -0.4 is 5.32 Å². The zero-order valence-corrected chi connectivity index (χ0v) is 6.58. The Kier molecular flexibility index (Phi) is 2.65. The molecule has 0 heterocycles. The number of allylic oxidation sites excluding steroid dienone is 1. The van der Waals surface area contributed by atoms with Crippen molar-refractivity contribution in [1.82, 2.24) is 5.32 Å². The van der Waals surface area contributed by atoms with E-state index in [-0.39, 0.29) is 11.8 Å². The first-order chi connectivity index (χ1) is 5.24. The molecule has 3 heteroatoms. The maximum atomic E-state index is 11.1. The van der Waals surface area contributed by atoms with Gasteiger partial charge >= 0.3 is 0 Å². The Morgan fingerprint density at radius 3 is 3.00 bits per heavy atom. The monoisotopic (exact) mass is 155 g/mol. The highest BCUT2D eigenvalue weighted by Crippen LogP contribution is 2.18. The van der Waals surface area contributed by atoms with Gasteiger partial charge in [0.05, 0.1) is 6.10 Å². The number of hydrogen-bond donors (Lipinski definition) is 2. The van der Waals surface area contributed by atoms with Crippen molar-refractivity contribution in [2.24, 2.45) is 5.92 Å². The zero-order chi connectivity index (χ0) is 8.27. The first kappa shape index (κ1) is 8.27. The third-order valence-corrected chi connectivity index (χ3v) is 1.92. The lowest BCUT2D eigenvalue weighted by Crippen LogP contribution is -2.31. The Hall–Kier alpha value is -0.830. The summed E-state index contributed by atoms with van der Waals surface area (Å²) in [5.74, 6) is -0.0200.